The zero-order valence-electron chi connectivity index (χ0n) is 15.8. The molecule has 1 aromatic heterocycles. The molecule has 0 bridgehead atoms. The minimum atomic E-state index is -0.717. The van der Waals surface area contributed by atoms with Crippen LogP contribution in [0.2, 0.25) is 5.02 Å². The van der Waals surface area contributed by atoms with Gasteiger partial charge in [0.25, 0.3) is 5.91 Å². The van der Waals surface area contributed by atoms with E-state index in [1.807, 2.05) is 24.3 Å². The van der Waals surface area contributed by atoms with Gasteiger partial charge in [-0.2, -0.15) is 0 Å². The highest BCUT2D eigenvalue weighted by Crippen LogP contribution is 2.24. The lowest BCUT2D eigenvalue weighted by Gasteiger charge is -2.15. The van der Waals surface area contributed by atoms with Crippen LogP contribution in [0.15, 0.2) is 57.7 Å². The van der Waals surface area contributed by atoms with Crippen LogP contribution in [-0.4, -0.2) is 12.0 Å². The van der Waals surface area contributed by atoms with E-state index < -0.39 is 11.7 Å². The number of amides is 1. The first kappa shape index (κ1) is 20.0. The molecule has 0 aliphatic heterocycles. The molecule has 1 heterocycles. The fourth-order valence-corrected chi connectivity index (χ4v) is 3.19. The molecule has 1 unspecified atom stereocenters. The molecule has 0 aliphatic carbocycles. The summed E-state index contributed by atoms with van der Waals surface area (Å²) in [5, 5.41) is 4.29. The number of carbonyl (C=O) groups is 1. The van der Waals surface area contributed by atoms with Gasteiger partial charge in [-0.05, 0) is 42.7 Å². The molecule has 1 atom stereocenters. The summed E-state index contributed by atoms with van der Waals surface area (Å²) < 4.78 is 11.0. The zero-order valence-corrected chi connectivity index (χ0v) is 16.6. The molecule has 0 radical (unpaired) electrons. The third kappa shape index (κ3) is 4.73. The average Bonchev–Trinajstić information content (AvgIpc) is 2.67. The second-order valence-electron chi connectivity index (χ2n) is 6.57. The Hall–Kier alpha value is -2.79. The largest absolute Gasteiger partial charge is 0.481 e. The van der Waals surface area contributed by atoms with E-state index in [1.54, 1.807) is 25.1 Å². The standard InChI is InChI=1S/C22H22ClNO4/c1-3-6-15-11-21(25)28-20-12-17(9-10-18(15)20)27-14(2)22(26)24-13-16-7-4-5-8-19(16)23/h4-5,7-12,14H,3,6,13H2,1-2H3,(H,24,26). The summed E-state index contributed by atoms with van der Waals surface area (Å²) in [7, 11) is 0. The van der Waals surface area contributed by atoms with Crippen molar-refractivity contribution in [2.24, 2.45) is 0 Å². The predicted molar refractivity (Wildman–Crippen MR) is 110 cm³/mol. The number of aryl methyl sites for hydroxylation is 1. The molecule has 3 rings (SSSR count). The summed E-state index contributed by atoms with van der Waals surface area (Å²) in [6.45, 7) is 4.04. The van der Waals surface area contributed by atoms with Gasteiger partial charge in [-0.25, -0.2) is 4.79 Å². The van der Waals surface area contributed by atoms with Crippen molar-refractivity contribution >= 4 is 28.5 Å². The highest BCUT2D eigenvalue weighted by Gasteiger charge is 2.16. The summed E-state index contributed by atoms with van der Waals surface area (Å²) in [6.07, 6.45) is 1.01. The van der Waals surface area contributed by atoms with Crippen molar-refractivity contribution in [2.75, 3.05) is 0 Å². The first-order valence-corrected chi connectivity index (χ1v) is 9.60. The Morgan fingerprint density at radius 1 is 1.18 bits per heavy atom. The topological polar surface area (TPSA) is 68.5 Å². The summed E-state index contributed by atoms with van der Waals surface area (Å²) in [5.41, 5.74) is 1.85. The van der Waals surface area contributed by atoms with Gasteiger partial charge in [-0.3, -0.25) is 4.79 Å². The summed E-state index contributed by atoms with van der Waals surface area (Å²) in [4.78, 5) is 24.1. The summed E-state index contributed by atoms with van der Waals surface area (Å²) >= 11 is 6.10. The highest BCUT2D eigenvalue weighted by molar-refractivity contribution is 6.31. The molecular weight excluding hydrogens is 378 g/mol. The fraction of sp³-hybridized carbons (Fsp3) is 0.273. The quantitative estimate of drug-likeness (QED) is 0.594. The Morgan fingerprint density at radius 3 is 2.71 bits per heavy atom. The van der Waals surface area contributed by atoms with Gasteiger partial charge < -0.3 is 14.5 Å². The Balaban J connectivity index is 1.70. The van der Waals surface area contributed by atoms with Crippen molar-refractivity contribution in [3.8, 4) is 5.75 Å². The molecule has 0 saturated carbocycles. The lowest BCUT2D eigenvalue weighted by atomic mass is 10.1. The van der Waals surface area contributed by atoms with Crippen LogP contribution < -0.4 is 15.7 Å². The average molecular weight is 400 g/mol. The first-order chi connectivity index (χ1) is 13.5. The van der Waals surface area contributed by atoms with Crippen LogP contribution in [0.1, 0.15) is 31.4 Å². The van der Waals surface area contributed by atoms with E-state index in [-0.39, 0.29) is 5.91 Å². The van der Waals surface area contributed by atoms with E-state index >= 15 is 0 Å². The number of hydrogen-bond acceptors (Lipinski definition) is 4. The van der Waals surface area contributed by atoms with Crippen LogP contribution in [0.3, 0.4) is 0 Å². The number of rotatable bonds is 7. The summed E-state index contributed by atoms with van der Waals surface area (Å²) in [6, 6.07) is 14.1. The van der Waals surface area contributed by atoms with E-state index in [4.69, 9.17) is 20.8 Å². The predicted octanol–water partition coefficient (Wildman–Crippen LogP) is 4.48. The first-order valence-electron chi connectivity index (χ1n) is 9.22. The molecule has 1 amide bonds. The SMILES string of the molecule is CCCc1cc(=O)oc2cc(OC(C)C(=O)NCc3ccccc3Cl)ccc12. The normalized spacial score (nSPS) is 12.0. The van der Waals surface area contributed by atoms with Crippen molar-refractivity contribution in [1.29, 1.82) is 0 Å². The van der Waals surface area contributed by atoms with Gasteiger partial charge in [0.05, 0.1) is 0 Å². The van der Waals surface area contributed by atoms with E-state index in [2.05, 4.69) is 12.2 Å². The van der Waals surface area contributed by atoms with Crippen LogP contribution in [0.4, 0.5) is 0 Å². The monoisotopic (exact) mass is 399 g/mol. The Kier molecular flexibility index (Phi) is 6.37. The molecule has 1 N–H and O–H groups in total. The maximum Gasteiger partial charge on any atom is 0.336 e. The lowest BCUT2D eigenvalue weighted by Crippen LogP contribution is -2.35. The fourth-order valence-electron chi connectivity index (χ4n) is 2.99. The lowest BCUT2D eigenvalue weighted by molar-refractivity contribution is -0.127. The van der Waals surface area contributed by atoms with Gasteiger partial charge >= 0.3 is 5.63 Å². The molecule has 6 heteroatoms. The van der Waals surface area contributed by atoms with E-state index in [0.717, 1.165) is 29.4 Å². The molecule has 0 saturated heterocycles. The molecule has 146 valence electrons. The molecule has 0 aliphatic rings. The Bertz CT molecular complexity index is 1040. The van der Waals surface area contributed by atoms with Crippen molar-refractivity contribution in [2.45, 2.75) is 39.3 Å². The van der Waals surface area contributed by atoms with Crippen LogP contribution in [0.25, 0.3) is 11.0 Å². The van der Waals surface area contributed by atoms with Crippen molar-refractivity contribution < 1.29 is 13.9 Å². The molecule has 3 aromatic rings. The van der Waals surface area contributed by atoms with Gasteiger partial charge in [-0.15, -0.1) is 0 Å². The Labute approximate surface area is 168 Å². The number of nitrogens with one attached hydrogen (secondary N) is 1. The third-order valence-electron chi connectivity index (χ3n) is 4.41. The second kappa shape index (κ2) is 8.93. The Morgan fingerprint density at radius 2 is 1.96 bits per heavy atom. The minimum absolute atomic E-state index is 0.263. The molecule has 0 spiro atoms. The molecule has 0 fully saturated rings. The van der Waals surface area contributed by atoms with Gasteiger partial charge in [0.2, 0.25) is 0 Å². The van der Waals surface area contributed by atoms with Crippen LogP contribution in [0, 0.1) is 0 Å². The van der Waals surface area contributed by atoms with Crippen molar-refractivity contribution in [3.63, 3.8) is 0 Å². The molecule has 2 aromatic carbocycles. The molecule has 5 nitrogen and oxygen atoms in total. The maximum absolute atomic E-state index is 12.3. The van der Waals surface area contributed by atoms with Crippen LogP contribution in [0.5, 0.6) is 5.75 Å². The second-order valence-corrected chi connectivity index (χ2v) is 6.98. The smallest absolute Gasteiger partial charge is 0.336 e. The zero-order chi connectivity index (χ0) is 20.1. The molecular formula is C22H22ClNO4. The highest BCUT2D eigenvalue weighted by atomic mass is 35.5. The number of carbonyl (C=O) groups excluding carboxylic acids is 1. The van der Waals surface area contributed by atoms with Crippen LogP contribution >= 0.6 is 11.6 Å². The van der Waals surface area contributed by atoms with Crippen LogP contribution in [-0.2, 0) is 17.8 Å². The maximum atomic E-state index is 12.3. The number of halogens is 1. The van der Waals surface area contributed by atoms with E-state index in [1.165, 1.54) is 6.07 Å². The van der Waals surface area contributed by atoms with Crippen molar-refractivity contribution in [3.05, 3.63) is 75.1 Å². The third-order valence-corrected chi connectivity index (χ3v) is 4.78. The summed E-state index contributed by atoms with van der Waals surface area (Å²) in [5.74, 6) is 0.200. The minimum Gasteiger partial charge on any atom is -0.481 e. The number of hydrogen-bond donors (Lipinski definition) is 1. The van der Waals surface area contributed by atoms with Gasteiger partial charge in [0.15, 0.2) is 6.10 Å². The number of benzene rings is 2. The van der Waals surface area contributed by atoms with Gasteiger partial charge in [0.1, 0.15) is 11.3 Å². The van der Waals surface area contributed by atoms with E-state index in [9.17, 15) is 9.59 Å². The molecule has 28 heavy (non-hydrogen) atoms. The number of fused-ring (bicyclic) bond motifs is 1. The van der Waals surface area contributed by atoms with E-state index in [0.29, 0.717) is 22.9 Å². The van der Waals surface area contributed by atoms with Gasteiger partial charge in [-0.1, -0.05) is 43.1 Å². The van der Waals surface area contributed by atoms with Gasteiger partial charge in [0, 0.05) is 29.1 Å². The van der Waals surface area contributed by atoms with Crippen molar-refractivity contribution in [1.82, 2.24) is 5.32 Å². The number of ether oxygens (including phenoxy) is 1.